The lowest BCUT2D eigenvalue weighted by Crippen LogP contribution is -2.41. The Morgan fingerprint density at radius 1 is 1.19 bits per heavy atom. The predicted octanol–water partition coefficient (Wildman–Crippen LogP) is 3.75. The first kappa shape index (κ1) is 25.8. The van der Waals surface area contributed by atoms with E-state index in [0.717, 1.165) is 13.3 Å². The molecular weight excluding hydrogens is 503 g/mol. The third-order valence-electron chi connectivity index (χ3n) is 5.76. The minimum atomic E-state index is -4.82. The van der Waals surface area contributed by atoms with Gasteiger partial charge in [-0.15, -0.1) is 0 Å². The van der Waals surface area contributed by atoms with Crippen LogP contribution < -0.4 is 16.4 Å². The van der Waals surface area contributed by atoms with E-state index in [9.17, 15) is 26.7 Å². The molecule has 0 saturated carbocycles. The van der Waals surface area contributed by atoms with Crippen LogP contribution in [-0.2, 0) is 11.3 Å². The molecule has 2 aliphatic heterocycles. The number of hydrogen-bond acceptors (Lipinski definition) is 9. The van der Waals surface area contributed by atoms with Crippen molar-refractivity contribution in [3.8, 4) is 0 Å². The Balaban J connectivity index is 1.79. The number of halogens is 5. The lowest BCUT2D eigenvalue weighted by Gasteiger charge is -2.29. The topological polar surface area (TPSA) is 135 Å². The molecule has 2 aromatic rings. The van der Waals surface area contributed by atoms with E-state index < -0.39 is 53.2 Å². The third-order valence-corrected chi connectivity index (χ3v) is 5.76. The second kappa shape index (κ2) is 9.29. The zero-order valence-electron chi connectivity index (χ0n) is 19.6. The molecule has 4 N–H and O–H groups in total. The number of amides is 1. The molecule has 1 aromatic heterocycles. The third kappa shape index (κ3) is 4.88. The van der Waals surface area contributed by atoms with Crippen LogP contribution in [0.3, 0.4) is 0 Å². The van der Waals surface area contributed by atoms with E-state index in [1.165, 1.54) is 17.1 Å². The number of allylic oxidation sites excluding steroid dienone is 1. The van der Waals surface area contributed by atoms with E-state index in [1.807, 2.05) is 0 Å². The number of methoxy groups -OCH3 is 1. The summed E-state index contributed by atoms with van der Waals surface area (Å²) in [6.07, 6.45) is -5.39. The number of anilines is 3. The molecule has 0 spiro atoms. The molecule has 1 amide bonds. The van der Waals surface area contributed by atoms with Gasteiger partial charge < -0.3 is 16.2 Å². The molecular formula is C22H21F5N8O2. The van der Waals surface area contributed by atoms with E-state index in [-0.39, 0.29) is 40.8 Å². The van der Waals surface area contributed by atoms with Gasteiger partial charge in [0.05, 0.1) is 25.3 Å². The molecule has 1 atom stereocenters. The number of nitrogens with two attached hydrogens (primary N) is 2. The number of aliphatic imine (C=N–C) groups is 1. The first-order chi connectivity index (χ1) is 17.3. The number of ether oxygens (including phenoxy) is 1. The van der Waals surface area contributed by atoms with Gasteiger partial charge in [-0.1, -0.05) is 18.2 Å². The van der Waals surface area contributed by atoms with Gasteiger partial charge in [-0.25, -0.2) is 33.5 Å². The summed E-state index contributed by atoms with van der Waals surface area (Å²) >= 11 is 0. The molecule has 0 bridgehead atoms. The van der Waals surface area contributed by atoms with E-state index in [4.69, 9.17) is 11.5 Å². The van der Waals surface area contributed by atoms with Crippen LogP contribution >= 0.6 is 0 Å². The molecule has 1 unspecified atom stereocenters. The number of rotatable bonds is 5. The average molecular weight is 524 g/mol. The standard InChI is InChI=1S/C22H21F5N8O2/c1-21-7-12(23)8-30-19(21)35(9-11-5-3-4-6-13(11)24)33-15(21)18-31-16(28)14(17(29)32-18)34(20(36)37-2)10-22(25,26)27/h3-6,8H,7,9-10H2,1-2H3,(H4,28,29,31,32). The van der Waals surface area contributed by atoms with Crippen molar-refractivity contribution in [2.45, 2.75) is 26.1 Å². The number of hydrogen-bond donors (Lipinski definition) is 2. The van der Waals surface area contributed by atoms with Crippen LogP contribution in [0.15, 0.2) is 46.4 Å². The number of alkyl halides is 3. The number of fused-ring (bicyclic) bond motifs is 1. The molecule has 10 nitrogen and oxygen atoms in total. The van der Waals surface area contributed by atoms with E-state index in [0.29, 0.717) is 0 Å². The molecule has 2 aliphatic rings. The van der Waals surface area contributed by atoms with Gasteiger partial charge in [0.1, 0.15) is 35.4 Å². The maximum absolute atomic E-state index is 14.4. The largest absolute Gasteiger partial charge is 0.452 e. The van der Waals surface area contributed by atoms with Crippen LogP contribution in [0, 0.1) is 11.2 Å². The highest BCUT2D eigenvalue weighted by molar-refractivity contribution is 6.20. The minimum absolute atomic E-state index is 0.0521. The van der Waals surface area contributed by atoms with Gasteiger partial charge in [-0.2, -0.15) is 18.3 Å². The summed E-state index contributed by atoms with van der Waals surface area (Å²) in [6.45, 7) is -0.226. The molecule has 0 saturated heterocycles. The van der Waals surface area contributed by atoms with Crippen LogP contribution in [0.4, 0.5) is 44.1 Å². The molecule has 0 fully saturated rings. The number of carbonyl (C=O) groups is 1. The fourth-order valence-corrected chi connectivity index (χ4v) is 4.14. The van der Waals surface area contributed by atoms with Crippen molar-refractivity contribution in [1.82, 2.24) is 15.0 Å². The van der Waals surface area contributed by atoms with Crippen molar-refractivity contribution in [3.05, 3.63) is 53.5 Å². The van der Waals surface area contributed by atoms with E-state index >= 15 is 0 Å². The SMILES string of the molecule is COC(=O)N(CC(F)(F)F)c1c(N)nc(C2=NN(Cc3ccccc3F)C3=NC=C(F)CC23C)nc1N. The van der Waals surface area contributed by atoms with Gasteiger partial charge in [0.2, 0.25) is 0 Å². The van der Waals surface area contributed by atoms with Gasteiger partial charge in [0.25, 0.3) is 0 Å². The fraction of sp³-hybridized carbons (Fsp3) is 0.318. The quantitative estimate of drug-likeness (QED) is 0.569. The molecule has 196 valence electrons. The molecule has 1 aromatic carbocycles. The summed E-state index contributed by atoms with van der Waals surface area (Å²) in [5, 5.41) is 5.80. The van der Waals surface area contributed by atoms with Crippen molar-refractivity contribution in [2.24, 2.45) is 15.5 Å². The zero-order valence-corrected chi connectivity index (χ0v) is 19.6. The van der Waals surface area contributed by atoms with Crippen molar-refractivity contribution in [3.63, 3.8) is 0 Å². The smallest absolute Gasteiger partial charge is 0.414 e. The molecule has 15 heteroatoms. The lowest BCUT2D eigenvalue weighted by atomic mass is 9.79. The number of nitrogen functional groups attached to an aromatic ring is 2. The maximum atomic E-state index is 14.4. The Morgan fingerprint density at radius 2 is 1.84 bits per heavy atom. The van der Waals surface area contributed by atoms with Crippen LogP contribution in [0.25, 0.3) is 0 Å². The van der Waals surface area contributed by atoms with E-state index in [2.05, 4.69) is 24.8 Å². The monoisotopic (exact) mass is 524 g/mol. The number of benzene rings is 1. The molecule has 3 heterocycles. The van der Waals surface area contributed by atoms with Crippen LogP contribution in [-0.4, -0.2) is 52.4 Å². The molecule has 4 rings (SSSR count). The Kier molecular flexibility index (Phi) is 6.48. The highest BCUT2D eigenvalue weighted by atomic mass is 19.4. The Bertz CT molecular complexity index is 1320. The highest BCUT2D eigenvalue weighted by Crippen LogP contribution is 2.42. The fourth-order valence-electron chi connectivity index (χ4n) is 4.14. The number of carbonyl (C=O) groups excluding carboxylic acids is 1. The van der Waals surface area contributed by atoms with Crippen LogP contribution in [0.5, 0.6) is 0 Å². The Labute approximate surface area is 207 Å². The van der Waals surface area contributed by atoms with Crippen LogP contribution in [0.2, 0.25) is 0 Å². The molecule has 0 radical (unpaired) electrons. The average Bonchev–Trinajstić information content (AvgIpc) is 3.09. The van der Waals surface area contributed by atoms with Crippen LogP contribution in [0.1, 0.15) is 24.7 Å². The number of hydrazone groups is 1. The summed E-state index contributed by atoms with van der Waals surface area (Å²) in [6, 6.07) is 5.98. The summed E-state index contributed by atoms with van der Waals surface area (Å²) in [4.78, 5) is 24.5. The van der Waals surface area contributed by atoms with Gasteiger partial charge in [-0.05, 0) is 13.0 Å². The van der Waals surface area contributed by atoms with Crippen molar-refractivity contribution < 1.29 is 31.5 Å². The number of nitrogens with zero attached hydrogens (tertiary/aromatic N) is 6. The first-order valence-electron chi connectivity index (χ1n) is 10.7. The number of amidine groups is 1. The summed E-state index contributed by atoms with van der Waals surface area (Å²) in [5.41, 5.74) is 10.4. The first-order valence-corrected chi connectivity index (χ1v) is 10.7. The Morgan fingerprint density at radius 3 is 2.43 bits per heavy atom. The van der Waals surface area contributed by atoms with Crippen molar-refractivity contribution in [1.29, 1.82) is 0 Å². The summed E-state index contributed by atoms with van der Waals surface area (Å²) in [5.74, 6) is -2.16. The normalized spacial score (nSPS) is 19.1. The van der Waals surface area contributed by atoms with Crippen molar-refractivity contribution >= 4 is 35.0 Å². The van der Waals surface area contributed by atoms with E-state index in [1.54, 1.807) is 19.1 Å². The Hall–Kier alpha value is -4.30. The predicted molar refractivity (Wildman–Crippen MR) is 124 cm³/mol. The minimum Gasteiger partial charge on any atom is -0.452 e. The van der Waals surface area contributed by atoms with Gasteiger partial charge in [0, 0.05) is 12.0 Å². The maximum Gasteiger partial charge on any atom is 0.414 e. The molecule has 0 aliphatic carbocycles. The second-order valence-corrected chi connectivity index (χ2v) is 8.47. The zero-order chi connectivity index (χ0) is 27.1. The second-order valence-electron chi connectivity index (χ2n) is 8.47. The van der Waals surface area contributed by atoms with Gasteiger partial charge in [-0.3, -0.25) is 4.90 Å². The van der Waals surface area contributed by atoms with Gasteiger partial charge >= 0.3 is 12.3 Å². The lowest BCUT2D eigenvalue weighted by molar-refractivity contribution is -0.119. The summed E-state index contributed by atoms with van der Waals surface area (Å²) < 4.78 is 72.5. The summed E-state index contributed by atoms with van der Waals surface area (Å²) in [7, 11) is 0.886. The van der Waals surface area contributed by atoms with Crippen molar-refractivity contribution in [2.75, 3.05) is 30.0 Å². The van der Waals surface area contributed by atoms with Gasteiger partial charge in [0.15, 0.2) is 17.5 Å². The molecule has 37 heavy (non-hydrogen) atoms. The highest BCUT2D eigenvalue weighted by Gasteiger charge is 2.49. The number of aromatic nitrogens is 2.